The zero-order valence-electron chi connectivity index (χ0n) is 18.8. The third kappa shape index (κ3) is 4.83. The van der Waals surface area contributed by atoms with E-state index in [1.54, 1.807) is 53.9 Å². The molecule has 8 heteroatoms. The number of rotatable bonds is 8. The number of anilines is 2. The molecule has 0 unspecified atom stereocenters. The molecule has 34 heavy (non-hydrogen) atoms. The maximum Gasteiger partial charge on any atom is 0.267 e. The minimum Gasteiger partial charge on any atom is -0.494 e. The van der Waals surface area contributed by atoms with Crippen LogP contribution >= 0.6 is 11.3 Å². The topological polar surface area (TPSA) is 75.7 Å². The van der Waals surface area contributed by atoms with Crippen molar-refractivity contribution >= 4 is 38.6 Å². The van der Waals surface area contributed by atoms with Crippen molar-refractivity contribution in [3.63, 3.8) is 0 Å². The van der Waals surface area contributed by atoms with Gasteiger partial charge in [-0.1, -0.05) is 48.5 Å². The minimum absolute atomic E-state index is 0.0153. The van der Waals surface area contributed by atoms with Crippen molar-refractivity contribution in [2.45, 2.75) is 11.8 Å². The van der Waals surface area contributed by atoms with Crippen LogP contribution in [0, 0.1) is 0 Å². The first-order valence-electron chi connectivity index (χ1n) is 10.7. The van der Waals surface area contributed by atoms with Gasteiger partial charge in [-0.15, -0.1) is 11.3 Å². The second-order valence-electron chi connectivity index (χ2n) is 7.39. The summed E-state index contributed by atoms with van der Waals surface area (Å²) in [5, 5.41) is 4.53. The lowest BCUT2D eigenvalue weighted by atomic mass is 10.1. The highest BCUT2D eigenvalue weighted by Gasteiger charge is 2.32. The number of ether oxygens (including phenoxy) is 1. The van der Waals surface area contributed by atoms with E-state index in [9.17, 15) is 13.2 Å². The minimum atomic E-state index is -4.05. The zero-order valence-corrected chi connectivity index (χ0v) is 20.4. The average molecular weight is 493 g/mol. The van der Waals surface area contributed by atoms with Gasteiger partial charge < -0.3 is 10.1 Å². The number of nitrogens with one attached hydrogen (secondary N) is 1. The Morgan fingerprint density at radius 2 is 1.56 bits per heavy atom. The van der Waals surface area contributed by atoms with Gasteiger partial charge in [0.1, 0.15) is 15.5 Å². The molecule has 1 heterocycles. The Kier molecular flexibility index (Phi) is 7.00. The van der Waals surface area contributed by atoms with E-state index in [1.807, 2.05) is 43.3 Å². The van der Waals surface area contributed by atoms with Gasteiger partial charge in [0.25, 0.3) is 15.9 Å². The van der Waals surface area contributed by atoms with E-state index in [0.717, 1.165) is 16.9 Å². The van der Waals surface area contributed by atoms with Crippen molar-refractivity contribution in [1.82, 2.24) is 0 Å². The van der Waals surface area contributed by atoms with Crippen LogP contribution in [0.25, 0.3) is 11.1 Å². The van der Waals surface area contributed by atoms with Crippen molar-refractivity contribution in [3.05, 3.63) is 95.2 Å². The molecule has 4 rings (SSSR count). The fourth-order valence-corrected chi connectivity index (χ4v) is 6.33. The molecule has 0 atom stereocenters. The SMILES string of the molecule is CCOc1ccc(NC(=O)c2scc(-c3ccccc3)c2S(=O)(=O)N(C)c2ccccc2)cc1. The molecule has 1 N–H and O–H groups in total. The molecule has 4 aromatic rings. The molecule has 0 spiro atoms. The number of benzene rings is 3. The van der Waals surface area contributed by atoms with Crippen molar-refractivity contribution in [2.75, 3.05) is 23.3 Å². The standard InChI is InChI=1S/C26H24N2O4S2/c1-3-32-22-16-14-20(15-17-22)27-26(29)24-25(23(18-33-24)19-10-6-4-7-11-19)34(30,31)28(2)21-12-8-5-9-13-21/h4-18H,3H2,1-2H3,(H,27,29). The molecule has 0 bridgehead atoms. The number of hydrogen-bond donors (Lipinski definition) is 1. The highest BCUT2D eigenvalue weighted by atomic mass is 32.2. The molecule has 0 aliphatic heterocycles. The number of hydrogen-bond acceptors (Lipinski definition) is 5. The molecule has 174 valence electrons. The summed E-state index contributed by atoms with van der Waals surface area (Å²) in [5.41, 5.74) is 2.26. The zero-order chi connectivity index (χ0) is 24.1. The summed E-state index contributed by atoms with van der Waals surface area (Å²) in [6.07, 6.45) is 0. The number of thiophene rings is 1. The van der Waals surface area contributed by atoms with Crippen molar-refractivity contribution in [1.29, 1.82) is 0 Å². The third-order valence-corrected chi connectivity index (χ3v) is 8.18. The summed E-state index contributed by atoms with van der Waals surface area (Å²) in [7, 11) is -2.56. The lowest BCUT2D eigenvalue weighted by Crippen LogP contribution is -2.28. The van der Waals surface area contributed by atoms with Gasteiger partial charge in [-0.25, -0.2) is 8.42 Å². The number of para-hydroxylation sites is 1. The van der Waals surface area contributed by atoms with Crippen molar-refractivity contribution in [3.8, 4) is 16.9 Å². The van der Waals surface area contributed by atoms with Gasteiger partial charge in [0, 0.05) is 23.7 Å². The molecular formula is C26H24N2O4S2. The first kappa shape index (κ1) is 23.5. The molecule has 3 aromatic carbocycles. The lowest BCUT2D eigenvalue weighted by Gasteiger charge is -2.21. The van der Waals surface area contributed by atoms with E-state index in [0.29, 0.717) is 29.3 Å². The van der Waals surface area contributed by atoms with Crippen molar-refractivity contribution < 1.29 is 17.9 Å². The Hall–Kier alpha value is -3.62. The smallest absolute Gasteiger partial charge is 0.267 e. The van der Waals surface area contributed by atoms with Crippen molar-refractivity contribution in [2.24, 2.45) is 0 Å². The fraction of sp³-hybridized carbons (Fsp3) is 0.115. The molecule has 6 nitrogen and oxygen atoms in total. The van der Waals surface area contributed by atoms with Crippen LogP contribution in [-0.2, 0) is 10.0 Å². The number of carbonyl (C=O) groups is 1. The Bertz CT molecular complexity index is 1370. The van der Waals surface area contributed by atoms with Gasteiger partial charge in [0.2, 0.25) is 0 Å². The molecular weight excluding hydrogens is 468 g/mol. The van der Waals surface area contributed by atoms with E-state index in [4.69, 9.17) is 4.74 Å². The van der Waals surface area contributed by atoms with Crippen LogP contribution in [-0.4, -0.2) is 28.0 Å². The fourth-order valence-electron chi connectivity index (χ4n) is 3.48. The summed E-state index contributed by atoms with van der Waals surface area (Å²) in [4.78, 5) is 13.4. The predicted octanol–water partition coefficient (Wildman–Crippen LogP) is 5.89. The number of amides is 1. The molecule has 1 aromatic heterocycles. The number of sulfonamides is 1. The molecule has 0 aliphatic carbocycles. The van der Waals surface area contributed by atoms with Crippen LogP contribution in [0.5, 0.6) is 5.75 Å². The molecule has 0 aliphatic rings. The second-order valence-corrected chi connectivity index (χ2v) is 10.2. The molecule has 0 radical (unpaired) electrons. The van der Waals surface area contributed by atoms with Gasteiger partial charge in [0.15, 0.2) is 0 Å². The first-order chi connectivity index (χ1) is 16.4. The molecule has 0 fully saturated rings. The highest BCUT2D eigenvalue weighted by Crippen LogP contribution is 2.38. The van der Waals surface area contributed by atoms with E-state index >= 15 is 0 Å². The second kappa shape index (κ2) is 10.1. The summed E-state index contributed by atoms with van der Waals surface area (Å²) in [6.45, 7) is 2.44. The van der Waals surface area contributed by atoms with E-state index in [-0.39, 0.29) is 9.77 Å². The Morgan fingerprint density at radius 1 is 0.941 bits per heavy atom. The number of nitrogens with zero attached hydrogens (tertiary/aromatic N) is 1. The molecule has 1 amide bonds. The van der Waals surface area contributed by atoms with Gasteiger partial charge in [-0.2, -0.15) is 0 Å². The quantitative estimate of drug-likeness (QED) is 0.333. The Labute approximate surface area is 203 Å². The van der Waals surface area contributed by atoms with E-state index < -0.39 is 15.9 Å². The highest BCUT2D eigenvalue weighted by molar-refractivity contribution is 7.93. The molecule has 0 saturated heterocycles. The Morgan fingerprint density at radius 3 is 2.18 bits per heavy atom. The van der Waals surface area contributed by atoms with Crippen LogP contribution in [0.15, 0.2) is 95.2 Å². The van der Waals surface area contributed by atoms with Crippen LogP contribution in [0.2, 0.25) is 0 Å². The van der Waals surface area contributed by atoms with Gasteiger partial charge in [-0.3, -0.25) is 9.10 Å². The summed E-state index contributed by atoms with van der Waals surface area (Å²) < 4.78 is 34.3. The molecule has 0 saturated carbocycles. The van der Waals surface area contributed by atoms with Gasteiger partial charge >= 0.3 is 0 Å². The van der Waals surface area contributed by atoms with Crippen LogP contribution in [0.1, 0.15) is 16.6 Å². The Balaban J connectivity index is 1.76. The van der Waals surface area contributed by atoms with Gasteiger partial charge in [0.05, 0.1) is 12.3 Å². The summed E-state index contributed by atoms with van der Waals surface area (Å²) >= 11 is 1.11. The van der Waals surface area contributed by atoms with E-state index in [2.05, 4.69) is 5.32 Å². The first-order valence-corrected chi connectivity index (χ1v) is 13.0. The monoisotopic (exact) mass is 492 g/mol. The van der Waals surface area contributed by atoms with Crippen LogP contribution in [0.4, 0.5) is 11.4 Å². The van der Waals surface area contributed by atoms with E-state index in [1.165, 1.54) is 11.4 Å². The largest absolute Gasteiger partial charge is 0.494 e. The lowest BCUT2D eigenvalue weighted by molar-refractivity contribution is 0.102. The summed E-state index contributed by atoms with van der Waals surface area (Å²) in [6, 6.07) is 24.9. The van der Waals surface area contributed by atoms with Gasteiger partial charge in [-0.05, 0) is 48.9 Å². The van der Waals surface area contributed by atoms with Crippen LogP contribution < -0.4 is 14.4 Å². The average Bonchev–Trinajstić information content (AvgIpc) is 3.32. The predicted molar refractivity (Wildman–Crippen MR) is 137 cm³/mol. The third-order valence-electron chi connectivity index (χ3n) is 5.20. The number of carbonyl (C=O) groups excluding carboxylic acids is 1. The summed E-state index contributed by atoms with van der Waals surface area (Å²) in [5.74, 6) is 0.201. The maximum atomic E-state index is 13.8. The van der Waals surface area contributed by atoms with Crippen LogP contribution in [0.3, 0.4) is 0 Å². The normalized spacial score (nSPS) is 11.1. The maximum absolute atomic E-state index is 13.8.